The summed E-state index contributed by atoms with van der Waals surface area (Å²) in [7, 11) is 1.00. The number of aromatic hydroxyl groups is 4. The van der Waals surface area contributed by atoms with Gasteiger partial charge in [0.05, 0.1) is 0 Å². The minimum Gasteiger partial charge on any atom is -0.507 e. The van der Waals surface area contributed by atoms with E-state index in [1.165, 1.54) is 0 Å². The molecule has 0 saturated carbocycles. The summed E-state index contributed by atoms with van der Waals surface area (Å²) in [6, 6.07) is 45.7. The van der Waals surface area contributed by atoms with Gasteiger partial charge in [0, 0.05) is 29.4 Å². The molecule has 0 fully saturated rings. The summed E-state index contributed by atoms with van der Waals surface area (Å²) in [6.45, 7) is 0. The molecule has 0 heterocycles. The summed E-state index contributed by atoms with van der Waals surface area (Å²) in [5.41, 5.74) is 2.69. The lowest BCUT2D eigenvalue weighted by Crippen LogP contribution is -1.86. The van der Waals surface area contributed by atoms with Crippen LogP contribution in [0.3, 0.4) is 0 Å². The van der Waals surface area contributed by atoms with Crippen LogP contribution in [0.5, 0.6) is 23.0 Å². The molecule has 0 unspecified atom stereocenters. The third kappa shape index (κ3) is 5.40. The number of hydrogen-bond donors (Lipinski definition) is 5. The molecule has 0 aliphatic rings. The van der Waals surface area contributed by atoms with Gasteiger partial charge in [-0.25, -0.2) is 0 Å². The zero-order valence-corrected chi connectivity index (χ0v) is 25.1. The maximum Gasteiger partial charge on any atom is 0.124 e. The Bertz CT molecular complexity index is 2010. The number of hydrogen-bond acceptors (Lipinski definition) is 5. The molecule has 0 saturated heterocycles. The van der Waals surface area contributed by atoms with Crippen LogP contribution in [0.25, 0.3) is 65.3 Å². The third-order valence-corrected chi connectivity index (χ3v) is 8.13. The summed E-state index contributed by atoms with van der Waals surface area (Å²) in [6.07, 6.45) is 0. The minimum atomic E-state index is 0.172. The molecule has 46 heavy (non-hydrogen) atoms. The Hall–Kier alpha value is -6.04. The van der Waals surface area contributed by atoms with Crippen LogP contribution in [0.2, 0.25) is 0 Å². The molecule has 8 aromatic carbocycles. The summed E-state index contributed by atoms with van der Waals surface area (Å²) in [5, 5.41) is 56.6. The molecule has 0 spiro atoms. The average molecular weight is 605 g/mol. The Kier molecular flexibility index (Phi) is 8.42. The first kappa shape index (κ1) is 30.0. The molecular formula is C41H32O5. The van der Waals surface area contributed by atoms with Crippen molar-refractivity contribution in [3.63, 3.8) is 0 Å². The first-order chi connectivity index (χ1) is 22.5. The zero-order valence-electron chi connectivity index (χ0n) is 25.1. The molecule has 0 aliphatic heterocycles. The van der Waals surface area contributed by atoms with E-state index < -0.39 is 0 Å². The van der Waals surface area contributed by atoms with Crippen molar-refractivity contribution in [1.82, 2.24) is 0 Å². The molecule has 0 bridgehead atoms. The van der Waals surface area contributed by atoms with Crippen molar-refractivity contribution in [2.75, 3.05) is 7.11 Å². The van der Waals surface area contributed by atoms with Crippen LogP contribution in [-0.4, -0.2) is 32.6 Å². The van der Waals surface area contributed by atoms with Crippen LogP contribution in [0, 0.1) is 0 Å². The molecule has 0 aromatic heterocycles. The van der Waals surface area contributed by atoms with Crippen molar-refractivity contribution >= 4 is 43.1 Å². The first-order valence-corrected chi connectivity index (χ1v) is 14.8. The molecule has 8 aromatic rings. The summed E-state index contributed by atoms with van der Waals surface area (Å²) in [5.74, 6) is 0.686. The quantitative estimate of drug-likeness (QED) is 0.135. The van der Waals surface area contributed by atoms with Gasteiger partial charge in [0.1, 0.15) is 23.0 Å². The van der Waals surface area contributed by atoms with Gasteiger partial charge in [0.25, 0.3) is 0 Å². The highest BCUT2D eigenvalue weighted by Gasteiger charge is 2.17. The number of benzene rings is 8. The fourth-order valence-corrected chi connectivity index (χ4v) is 6.09. The number of aliphatic hydroxyl groups is 1. The molecular weight excluding hydrogens is 572 g/mol. The van der Waals surface area contributed by atoms with E-state index in [0.29, 0.717) is 22.3 Å². The van der Waals surface area contributed by atoms with Crippen molar-refractivity contribution in [2.24, 2.45) is 0 Å². The van der Waals surface area contributed by atoms with Crippen LogP contribution in [0.1, 0.15) is 0 Å². The van der Waals surface area contributed by atoms with Crippen molar-refractivity contribution in [3.05, 3.63) is 146 Å². The van der Waals surface area contributed by atoms with E-state index in [1.54, 1.807) is 24.3 Å². The molecule has 5 N–H and O–H groups in total. The molecule has 0 radical (unpaired) electrons. The van der Waals surface area contributed by atoms with E-state index in [9.17, 15) is 20.4 Å². The molecule has 8 rings (SSSR count). The number of phenols is 4. The lowest BCUT2D eigenvalue weighted by Gasteiger charge is -2.14. The second-order valence-corrected chi connectivity index (χ2v) is 10.7. The van der Waals surface area contributed by atoms with Crippen LogP contribution in [-0.2, 0) is 0 Å². The monoisotopic (exact) mass is 604 g/mol. The lowest BCUT2D eigenvalue weighted by atomic mass is 9.92. The fraction of sp³-hybridized carbons (Fsp3) is 0.0244. The minimum absolute atomic E-state index is 0.172. The fourth-order valence-electron chi connectivity index (χ4n) is 6.09. The van der Waals surface area contributed by atoms with Crippen molar-refractivity contribution < 1.29 is 25.5 Å². The Morgan fingerprint density at radius 3 is 0.674 bits per heavy atom. The highest BCUT2D eigenvalue weighted by Crippen LogP contribution is 2.45. The number of fused-ring (bicyclic) bond motifs is 4. The maximum absolute atomic E-state index is 10.4. The van der Waals surface area contributed by atoms with Gasteiger partial charge in [-0.15, -0.1) is 0 Å². The van der Waals surface area contributed by atoms with E-state index in [4.69, 9.17) is 5.11 Å². The molecule has 0 amide bonds. The Labute approximate surface area is 266 Å². The van der Waals surface area contributed by atoms with Gasteiger partial charge in [-0.2, -0.15) is 0 Å². The van der Waals surface area contributed by atoms with Crippen LogP contribution in [0.15, 0.2) is 146 Å². The van der Waals surface area contributed by atoms with Gasteiger partial charge < -0.3 is 25.5 Å². The molecule has 0 atom stereocenters. The second-order valence-electron chi connectivity index (χ2n) is 10.7. The predicted octanol–water partition coefficient (Wildman–Crippen LogP) is 9.75. The van der Waals surface area contributed by atoms with E-state index in [1.807, 2.05) is 121 Å². The van der Waals surface area contributed by atoms with E-state index in [0.717, 1.165) is 50.2 Å². The van der Waals surface area contributed by atoms with Gasteiger partial charge in [-0.1, -0.05) is 121 Å². The Morgan fingerprint density at radius 1 is 0.261 bits per heavy atom. The second kappa shape index (κ2) is 12.9. The van der Waals surface area contributed by atoms with Gasteiger partial charge in [0.15, 0.2) is 0 Å². The van der Waals surface area contributed by atoms with Gasteiger partial charge >= 0.3 is 0 Å². The molecule has 5 nitrogen and oxygen atoms in total. The Balaban J connectivity index is 0.000000153. The van der Waals surface area contributed by atoms with E-state index >= 15 is 0 Å². The van der Waals surface area contributed by atoms with Crippen LogP contribution < -0.4 is 0 Å². The third-order valence-electron chi connectivity index (χ3n) is 8.13. The smallest absolute Gasteiger partial charge is 0.124 e. The average Bonchev–Trinajstić information content (AvgIpc) is 3.10. The van der Waals surface area contributed by atoms with Crippen molar-refractivity contribution in [1.29, 1.82) is 0 Å². The topological polar surface area (TPSA) is 101 Å². The lowest BCUT2D eigenvalue weighted by molar-refractivity contribution is 0.399. The molecule has 0 aliphatic carbocycles. The summed E-state index contributed by atoms with van der Waals surface area (Å²) in [4.78, 5) is 0. The largest absolute Gasteiger partial charge is 0.507 e. The molecule has 5 heteroatoms. The van der Waals surface area contributed by atoms with Gasteiger partial charge in [-0.3, -0.25) is 0 Å². The molecule has 226 valence electrons. The van der Waals surface area contributed by atoms with E-state index in [2.05, 4.69) is 0 Å². The predicted molar refractivity (Wildman–Crippen MR) is 189 cm³/mol. The van der Waals surface area contributed by atoms with Gasteiger partial charge in [-0.05, 0) is 67.4 Å². The summed E-state index contributed by atoms with van der Waals surface area (Å²) >= 11 is 0. The van der Waals surface area contributed by atoms with Crippen LogP contribution >= 0.6 is 0 Å². The highest BCUT2D eigenvalue weighted by atomic mass is 16.3. The SMILES string of the molecule is CO.Oc1ccc2ccccc2c1-c1c(O)ccc2ccccc12.Oc1ccc2ccccc2c1-c1c(O)ccc2ccccc12. The van der Waals surface area contributed by atoms with E-state index in [-0.39, 0.29) is 23.0 Å². The van der Waals surface area contributed by atoms with Crippen molar-refractivity contribution in [2.45, 2.75) is 0 Å². The number of rotatable bonds is 2. The van der Waals surface area contributed by atoms with Gasteiger partial charge in [0.2, 0.25) is 0 Å². The number of phenolic OH excluding ortho intramolecular Hbond substituents is 4. The standard InChI is InChI=1S/2C20H14O2.CH4O/c2*21-17-11-9-13-5-1-3-7-15(13)19(17)20-16-8-4-2-6-14(16)10-12-18(20)22;1-2/h2*1-12,21-22H;2H,1H3. The highest BCUT2D eigenvalue weighted by molar-refractivity contribution is 6.10. The van der Waals surface area contributed by atoms with Crippen molar-refractivity contribution in [3.8, 4) is 45.3 Å². The normalized spacial score (nSPS) is 10.7. The number of aliphatic hydroxyl groups excluding tert-OH is 1. The van der Waals surface area contributed by atoms with Crippen LogP contribution in [0.4, 0.5) is 0 Å². The first-order valence-electron chi connectivity index (χ1n) is 14.8. The maximum atomic E-state index is 10.4. The zero-order chi connectivity index (χ0) is 32.2. The Morgan fingerprint density at radius 2 is 0.457 bits per heavy atom. The summed E-state index contributed by atoms with van der Waals surface area (Å²) < 4.78 is 0.